The highest BCUT2D eigenvalue weighted by Crippen LogP contribution is 2.24. The molecule has 3 rings (SSSR count). The minimum Gasteiger partial charge on any atom is -0.444 e. The Labute approximate surface area is 167 Å². The second kappa shape index (κ2) is 8.63. The molecule has 0 radical (unpaired) electrons. The zero-order valence-electron chi connectivity index (χ0n) is 15.5. The van der Waals surface area contributed by atoms with Crippen LogP contribution in [0.2, 0.25) is 0 Å². The Morgan fingerprint density at radius 2 is 1.50 bits per heavy atom. The molecule has 3 aromatic rings. The Kier molecular flexibility index (Phi) is 6.01. The van der Waals surface area contributed by atoms with Gasteiger partial charge >= 0.3 is 5.97 Å². The van der Waals surface area contributed by atoms with Crippen LogP contribution in [-0.2, 0) is 9.53 Å². The summed E-state index contributed by atoms with van der Waals surface area (Å²) < 4.78 is 5.57. The number of carbonyl (C=O) groups excluding carboxylic acids is 3. The van der Waals surface area contributed by atoms with Crippen LogP contribution in [0.15, 0.2) is 72.1 Å². The molecule has 6 heteroatoms. The molecule has 0 saturated carbocycles. The molecule has 0 unspecified atom stereocenters. The quantitative estimate of drug-likeness (QED) is 0.470. The topological polar surface area (TPSA) is 63.7 Å². The molecule has 0 fully saturated rings. The van der Waals surface area contributed by atoms with Crippen LogP contribution in [0.1, 0.15) is 37.3 Å². The van der Waals surface area contributed by atoms with Crippen molar-refractivity contribution >= 4 is 29.0 Å². The number of amides is 1. The van der Waals surface area contributed by atoms with Crippen molar-refractivity contribution in [3.63, 3.8) is 0 Å². The van der Waals surface area contributed by atoms with Gasteiger partial charge in [-0.2, -0.15) is 0 Å². The molecule has 28 heavy (non-hydrogen) atoms. The minimum absolute atomic E-state index is 0.133. The van der Waals surface area contributed by atoms with Crippen LogP contribution < -0.4 is 0 Å². The van der Waals surface area contributed by atoms with Gasteiger partial charge in [0, 0.05) is 25.2 Å². The summed E-state index contributed by atoms with van der Waals surface area (Å²) in [7, 11) is 3.20. The average molecular weight is 393 g/mol. The van der Waals surface area contributed by atoms with Crippen molar-refractivity contribution in [1.82, 2.24) is 4.90 Å². The molecule has 1 heterocycles. The van der Waals surface area contributed by atoms with Crippen molar-refractivity contribution in [2.45, 2.75) is 6.10 Å². The summed E-state index contributed by atoms with van der Waals surface area (Å²) in [6, 6.07) is 18.8. The van der Waals surface area contributed by atoms with Crippen LogP contribution in [-0.4, -0.2) is 36.7 Å². The van der Waals surface area contributed by atoms with Gasteiger partial charge in [-0.15, -0.1) is 11.3 Å². The Bertz CT molecular complexity index is 981. The fraction of sp³-hybridized carbons (Fsp3) is 0.136. The molecule has 5 nitrogen and oxygen atoms in total. The smallest absolute Gasteiger partial charge is 0.340 e. The molecule has 1 amide bonds. The van der Waals surface area contributed by atoms with Crippen molar-refractivity contribution in [3.05, 3.63) is 93.7 Å². The second-order valence-corrected chi connectivity index (χ2v) is 7.23. The molecule has 1 atom stereocenters. The largest absolute Gasteiger partial charge is 0.444 e. The number of rotatable bonds is 6. The van der Waals surface area contributed by atoms with E-state index in [9.17, 15) is 14.4 Å². The number of benzene rings is 2. The number of ketones is 1. The molecule has 1 aromatic heterocycles. The van der Waals surface area contributed by atoms with Gasteiger partial charge in [0.15, 0.2) is 0 Å². The van der Waals surface area contributed by atoms with Crippen molar-refractivity contribution in [1.29, 1.82) is 0 Å². The highest BCUT2D eigenvalue weighted by Gasteiger charge is 2.28. The van der Waals surface area contributed by atoms with Gasteiger partial charge in [0.2, 0.25) is 11.9 Å². The summed E-state index contributed by atoms with van der Waals surface area (Å²) in [6.07, 6.45) is -1.09. The van der Waals surface area contributed by atoms with E-state index in [1.807, 2.05) is 6.07 Å². The zero-order chi connectivity index (χ0) is 20.1. The lowest BCUT2D eigenvalue weighted by Crippen LogP contribution is -2.31. The van der Waals surface area contributed by atoms with E-state index in [1.165, 1.54) is 22.3 Å². The predicted molar refractivity (Wildman–Crippen MR) is 107 cm³/mol. The number of likely N-dealkylation sites (N-methyl/N-ethyl adjacent to an activating group) is 1. The first-order chi connectivity index (χ1) is 13.5. The van der Waals surface area contributed by atoms with Gasteiger partial charge in [-0.25, -0.2) is 4.79 Å². The van der Waals surface area contributed by atoms with E-state index < -0.39 is 12.1 Å². The molecule has 142 valence electrons. The number of hydrogen-bond donors (Lipinski definition) is 0. The van der Waals surface area contributed by atoms with E-state index in [0.29, 0.717) is 10.4 Å². The van der Waals surface area contributed by atoms with Gasteiger partial charge in [-0.3, -0.25) is 9.59 Å². The molecule has 2 aromatic carbocycles. The van der Waals surface area contributed by atoms with Gasteiger partial charge < -0.3 is 9.64 Å². The van der Waals surface area contributed by atoms with Crippen LogP contribution in [0.5, 0.6) is 0 Å². The van der Waals surface area contributed by atoms with Gasteiger partial charge in [-0.1, -0.05) is 54.6 Å². The Hall–Kier alpha value is -3.25. The maximum absolute atomic E-state index is 12.9. The lowest BCUT2D eigenvalue weighted by atomic mass is 10.0. The first-order valence-electron chi connectivity index (χ1n) is 8.63. The first kappa shape index (κ1) is 19.5. The number of thiophene rings is 1. The van der Waals surface area contributed by atoms with Crippen molar-refractivity contribution in [3.8, 4) is 0 Å². The van der Waals surface area contributed by atoms with Crippen LogP contribution in [0.4, 0.5) is 0 Å². The van der Waals surface area contributed by atoms with Crippen LogP contribution in [0.25, 0.3) is 0 Å². The standard InChI is InChI=1S/C22H19NO4S/c1-23(2)21(25)20(15-9-4-3-5-10-15)27-22(26)17-12-7-6-11-16(17)19(24)18-13-8-14-28-18/h3-14,20H,1-2H3/t20-/m0/s1. The number of hydrogen-bond acceptors (Lipinski definition) is 5. The number of carbonyl (C=O) groups is 3. The molecule has 0 bridgehead atoms. The SMILES string of the molecule is CN(C)C(=O)[C@@H](OC(=O)c1ccccc1C(=O)c1cccs1)c1ccccc1. The third-order valence-electron chi connectivity index (χ3n) is 4.13. The third-order valence-corrected chi connectivity index (χ3v) is 5.00. The predicted octanol–water partition coefficient (Wildman–Crippen LogP) is 3.97. The zero-order valence-corrected chi connectivity index (χ0v) is 16.3. The van der Waals surface area contributed by atoms with E-state index in [1.54, 1.807) is 74.1 Å². The highest BCUT2D eigenvalue weighted by atomic mass is 32.1. The van der Waals surface area contributed by atoms with Crippen molar-refractivity contribution in [2.75, 3.05) is 14.1 Å². The Morgan fingerprint density at radius 1 is 0.857 bits per heavy atom. The van der Waals surface area contributed by atoms with Gasteiger partial charge in [-0.05, 0) is 17.5 Å². The normalized spacial score (nSPS) is 11.5. The van der Waals surface area contributed by atoms with Crippen molar-refractivity contribution in [2.24, 2.45) is 0 Å². The molecular weight excluding hydrogens is 374 g/mol. The monoisotopic (exact) mass is 393 g/mol. The Morgan fingerprint density at radius 3 is 2.11 bits per heavy atom. The molecule has 0 N–H and O–H groups in total. The van der Waals surface area contributed by atoms with E-state index in [-0.39, 0.29) is 22.8 Å². The highest BCUT2D eigenvalue weighted by molar-refractivity contribution is 7.12. The fourth-order valence-corrected chi connectivity index (χ4v) is 3.37. The molecule has 0 aliphatic rings. The van der Waals surface area contributed by atoms with Crippen LogP contribution >= 0.6 is 11.3 Å². The number of ether oxygens (including phenoxy) is 1. The van der Waals surface area contributed by atoms with Crippen LogP contribution in [0.3, 0.4) is 0 Å². The molecule has 0 saturated heterocycles. The van der Waals surface area contributed by atoms with E-state index in [2.05, 4.69) is 0 Å². The van der Waals surface area contributed by atoms with E-state index in [4.69, 9.17) is 4.74 Å². The lowest BCUT2D eigenvalue weighted by molar-refractivity contribution is -0.138. The second-order valence-electron chi connectivity index (χ2n) is 6.28. The number of nitrogens with zero attached hydrogens (tertiary/aromatic N) is 1. The molecular formula is C22H19NO4S. The molecule has 0 aliphatic heterocycles. The third kappa shape index (κ3) is 4.18. The summed E-state index contributed by atoms with van der Waals surface area (Å²) in [5.41, 5.74) is 0.948. The van der Waals surface area contributed by atoms with Crippen LogP contribution in [0, 0.1) is 0 Å². The minimum atomic E-state index is -1.09. The fourth-order valence-electron chi connectivity index (χ4n) is 2.69. The van der Waals surface area contributed by atoms with Crippen molar-refractivity contribution < 1.29 is 19.1 Å². The lowest BCUT2D eigenvalue weighted by Gasteiger charge is -2.21. The summed E-state index contributed by atoms with van der Waals surface area (Å²) in [5, 5.41) is 1.80. The summed E-state index contributed by atoms with van der Waals surface area (Å²) in [6.45, 7) is 0. The summed E-state index contributed by atoms with van der Waals surface area (Å²) in [4.78, 5) is 40.2. The first-order valence-corrected chi connectivity index (χ1v) is 9.51. The number of esters is 1. The summed E-state index contributed by atoms with van der Waals surface area (Å²) >= 11 is 1.30. The molecule has 0 spiro atoms. The average Bonchev–Trinajstić information content (AvgIpc) is 3.26. The summed E-state index contributed by atoms with van der Waals surface area (Å²) in [5.74, 6) is -1.33. The molecule has 0 aliphatic carbocycles. The van der Waals surface area contributed by atoms with Gasteiger partial charge in [0.05, 0.1) is 10.4 Å². The van der Waals surface area contributed by atoms with Gasteiger partial charge in [0.25, 0.3) is 5.91 Å². The maximum Gasteiger partial charge on any atom is 0.340 e. The van der Waals surface area contributed by atoms with Gasteiger partial charge in [0.1, 0.15) is 0 Å². The maximum atomic E-state index is 12.9. The van der Waals surface area contributed by atoms with E-state index >= 15 is 0 Å². The van der Waals surface area contributed by atoms with E-state index in [0.717, 1.165) is 0 Å². The Balaban J connectivity index is 1.93.